The Kier molecular flexibility index (Phi) is 3.49. The molecular formula is C16H21N3O. The fourth-order valence-electron chi connectivity index (χ4n) is 2.85. The molecule has 0 saturated carbocycles. The Morgan fingerprint density at radius 3 is 2.65 bits per heavy atom. The summed E-state index contributed by atoms with van der Waals surface area (Å²) >= 11 is 0. The number of nitrogens with zero attached hydrogens (tertiary/aromatic N) is 1. The van der Waals surface area contributed by atoms with Crippen LogP contribution < -0.4 is 5.73 Å². The van der Waals surface area contributed by atoms with Crippen molar-refractivity contribution in [3.63, 3.8) is 0 Å². The smallest absolute Gasteiger partial charge is 0.153 e. The minimum atomic E-state index is 0.463. The molecule has 1 aliphatic rings. The quantitative estimate of drug-likeness (QED) is 0.881. The summed E-state index contributed by atoms with van der Waals surface area (Å²) in [6.45, 7) is 5.88. The Labute approximate surface area is 119 Å². The van der Waals surface area contributed by atoms with Crippen molar-refractivity contribution in [3.8, 4) is 11.1 Å². The van der Waals surface area contributed by atoms with Crippen LogP contribution in [0.3, 0.4) is 0 Å². The number of rotatable bonds is 2. The summed E-state index contributed by atoms with van der Waals surface area (Å²) in [6, 6.07) is 6.47. The Morgan fingerprint density at radius 2 is 1.95 bits per heavy atom. The predicted molar refractivity (Wildman–Crippen MR) is 80.7 cm³/mol. The summed E-state index contributed by atoms with van der Waals surface area (Å²) in [5.41, 5.74) is 12.1. The number of aromatic amines is 1. The number of nitrogens with two attached hydrogens (primary N) is 1. The average molecular weight is 271 g/mol. The van der Waals surface area contributed by atoms with Gasteiger partial charge in [0.15, 0.2) is 5.82 Å². The zero-order valence-electron chi connectivity index (χ0n) is 12.1. The minimum Gasteiger partial charge on any atom is -0.382 e. The molecule has 0 radical (unpaired) electrons. The fourth-order valence-corrected chi connectivity index (χ4v) is 2.85. The van der Waals surface area contributed by atoms with Gasteiger partial charge in [0.05, 0.1) is 0 Å². The standard InChI is InChI=1S/C16H21N3O/c1-10-3-4-13(9-11(10)2)14-15(18-19-16(14)17)12-5-7-20-8-6-12/h3-4,9,12H,5-8H2,1-2H3,(H3,17,18,19). The fraction of sp³-hybridized carbons (Fsp3) is 0.438. The Hall–Kier alpha value is -1.81. The molecule has 3 N–H and O–H groups in total. The maximum atomic E-state index is 6.09. The zero-order chi connectivity index (χ0) is 14.1. The second-order valence-electron chi connectivity index (χ2n) is 5.58. The van der Waals surface area contributed by atoms with E-state index in [1.54, 1.807) is 0 Å². The number of ether oxygens (including phenoxy) is 1. The van der Waals surface area contributed by atoms with Crippen LogP contribution in [0.2, 0.25) is 0 Å². The van der Waals surface area contributed by atoms with E-state index in [9.17, 15) is 0 Å². The maximum absolute atomic E-state index is 6.09. The van der Waals surface area contributed by atoms with Crippen LogP contribution in [0.5, 0.6) is 0 Å². The van der Waals surface area contributed by atoms with Crippen molar-refractivity contribution in [2.24, 2.45) is 0 Å². The van der Waals surface area contributed by atoms with Gasteiger partial charge in [-0.1, -0.05) is 18.2 Å². The molecule has 20 heavy (non-hydrogen) atoms. The van der Waals surface area contributed by atoms with Gasteiger partial charge in [-0.05, 0) is 43.4 Å². The van der Waals surface area contributed by atoms with Gasteiger partial charge in [0, 0.05) is 30.4 Å². The van der Waals surface area contributed by atoms with Gasteiger partial charge in [-0.15, -0.1) is 0 Å². The number of H-pyrrole nitrogens is 1. The van der Waals surface area contributed by atoms with Crippen molar-refractivity contribution in [2.75, 3.05) is 18.9 Å². The van der Waals surface area contributed by atoms with E-state index < -0.39 is 0 Å². The average Bonchev–Trinajstić information content (AvgIpc) is 2.85. The summed E-state index contributed by atoms with van der Waals surface area (Å²) < 4.78 is 5.44. The first-order chi connectivity index (χ1) is 9.66. The van der Waals surface area contributed by atoms with Crippen molar-refractivity contribution < 1.29 is 4.74 Å². The third-order valence-electron chi connectivity index (χ3n) is 4.25. The Morgan fingerprint density at radius 1 is 1.20 bits per heavy atom. The first-order valence-electron chi connectivity index (χ1n) is 7.16. The van der Waals surface area contributed by atoms with E-state index in [-0.39, 0.29) is 0 Å². The molecule has 0 atom stereocenters. The monoisotopic (exact) mass is 271 g/mol. The molecule has 2 aromatic rings. The van der Waals surface area contributed by atoms with Crippen LogP contribution >= 0.6 is 0 Å². The lowest BCUT2D eigenvalue weighted by Crippen LogP contribution is -2.15. The SMILES string of the molecule is Cc1ccc(-c2c(N)n[nH]c2C2CCOCC2)cc1C. The molecule has 1 saturated heterocycles. The van der Waals surface area contributed by atoms with Crippen LogP contribution in [0, 0.1) is 13.8 Å². The van der Waals surface area contributed by atoms with Crippen molar-refractivity contribution in [1.29, 1.82) is 0 Å². The lowest BCUT2D eigenvalue weighted by atomic mass is 9.90. The highest BCUT2D eigenvalue weighted by Crippen LogP contribution is 2.37. The molecular weight excluding hydrogens is 250 g/mol. The van der Waals surface area contributed by atoms with E-state index >= 15 is 0 Å². The predicted octanol–water partition coefficient (Wildman–Crippen LogP) is 3.17. The highest BCUT2D eigenvalue weighted by Gasteiger charge is 2.23. The highest BCUT2D eigenvalue weighted by molar-refractivity contribution is 5.77. The van der Waals surface area contributed by atoms with Gasteiger partial charge in [0.25, 0.3) is 0 Å². The van der Waals surface area contributed by atoms with Gasteiger partial charge in [0.2, 0.25) is 0 Å². The number of hydrogen-bond donors (Lipinski definition) is 2. The van der Waals surface area contributed by atoms with Crippen molar-refractivity contribution in [2.45, 2.75) is 32.6 Å². The molecule has 4 heteroatoms. The van der Waals surface area contributed by atoms with E-state index in [4.69, 9.17) is 10.5 Å². The number of aromatic nitrogens is 2. The number of nitrogens with one attached hydrogen (secondary N) is 1. The Balaban J connectivity index is 2.03. The highest BCUT2D eigenvalue weighted by atomic mass is 16.5. The summed E-state index contributed by atoms with van der Waals surface area (Å²) in [6.07, 6.45) is 2.05. The third kappa shape index (κ3) is 2.31. The van der Waals surface area contributed by atoms with Crippen LogP contribution in [-0.4, -0.2) is 23.4 Å². The van der Waals surface area contributed by atoms with Crippen molar-refractivity contribution >= 4 is 5.82 Å². The lowest BCUT2D eigenvalue weighted by Gasteiger charge is -2.22. The van der Waals surface area contributed by atoms with Crippen molar-refractivity contribution in [3.05, 3.63) is 35.0 Å². The summed E-state index contributed by atoms with van der Waals surface area (Å²) in [7, 11) is 0. The van der Waals surface area contributed by atoms with Gasteiger partial charge in [-0.25, -0.2) is 0 Å². The second kappa shape index (κ2) is 5.29. The van der Waals surface area contributed by atoms with Gasteiger partial charge >= 0.3 is 0 Å². The zero-order valence-corrected chi connectivity index (χ0v) is 12.1. The molecule has 2 heterocycles. The molecule has 1 aliphatic heterocycles. The van der Waals surface area contributed by atoms with E-state index in [1.807, 2.05) is 0 Å². The maximum Gasteiger partial charge on any atom is 0.153 e. The van der Waals surface area contributed by atoms with Crippen LogP contribution in [0.1, 0.15) is 35.6 Å². The van der Waals surface area contributed by atoms with E-state index in [2.05, 4.69) is 42.2 Å². The molecule has 106 valence electrons. The molecule has 3 rings (SSSR count). The van der Waals surface area contributed by atoms with Crippen LogP contribution in [0.15, 0.2) is 18.2 Å². The van der Waals surface area contributed by atoms with E-state index in [1.165, 1.54) is 11.1 Å². The van der Waals surface area contributed by atoms with Crippen molar-refractivity contribution in [1.82, 2.24) is 10.2 Å². The van der Waals surface area contributed by atoms with Crippen LogP contribution in [0.25, 0.3) is 11.1 Å². The largest absolute Gasteiger partial charge is 0.382 e. The first kappa shape index (κ1) is 13.2. The number of hydrogen-bond acceptors (Lipinski definition) is 3. The van der Waals surface area contributed by atoms with Gasteiger partial charge < -0.3 is 10.5 Å². The summed E-state index contributed by atoms with van der Waals surface area (Å²) in [4.78, 5) is 0. The molecule has 0 amide bonds. The van der Waals surface area contributed by atoms with Gasteiger partial charge in [-0.2, -0.15) is 5.10 Å². The normalized spacial score (nSPS) is 16.5. The second-order valence-corrected chi connectivity index (χ2v) is 5.58. The number of benzene rings is 1. The summed E-state index contributed by atoms with van der Waals surface area (Å²) in [5, 5.41) is 7.38. The van der Waals surface area contributed by atoms with E-state index in [0.717, 1.165) is 42.9 Å². The topological polar surface area (TPSA) is 63.9 Å². The minimum absolute atomic E-state index is 0.463. The molecule has 1 aromatic heterocycles. The molecule has 0 unspecified atom stereocenters. The molecule has 0 aliphatic carbocycles. The number of aryl methyl sites for hydroxylation is 2. The number of nitrogen functional groups attached to an aromatic ring is 1. The number of anilines is 1. The third-order valence-corrected chi connectivity index (χ3v) is 4.25. The lowest BCUT2D eigenvalue weighted by molar-refractivity contribution is 0.0846. The van der Waals surface area contributed by atoms with Gasteiger partial charge in [0.1, 0.15) is 0 Å². The van der Waals surface area contributed by atoms with E-state index in [0.29, 0.717) is 11.7 Å². The molecule has 0 bridgehead atoms. The molecule has 0 spiro atoms. The first-order valence-corrected chi connectivity index (χ1v) is 7.16. The van der Waals surface area contributed by atoms with Crippen LogP contribution in [-0.2, 0) is 4.74 Å². The summed E-state index contributed by atoms with van der Waals surface area (Å²) in [5.74, 6) is 1.06. The molecule has 1 fully saturated rings. The van der Waals surface area contributed by atoms with Crippen LogP contribution in [0.4, 0.5) is 5.82 Å². The Bertz CT molecular complexity index is 612. The molecule has 1 aromatic carbocycles. The van der Waals surface area contributed by atoms with Gasteiger partial charge in [-0.3, -0.25) is 5.10 Å². The molecule has 4 nitrogen and oxygen atoms in total.